The standard InChI is InChI=1S/C19H27N5O8/c1-6-7-8-15-21-16-17(29)22-18(20-11(2)25)24(9-30-12(3)26,10-31-13(4)27)19(16,23-15)32-14(5)28/h6-10H2,1-5H3,(H2-,20,21,22,23,25,29)/p+1. The van der Waals surface area contributed by atoms with Crippen LogP contribution in [0.4, 0.5) is 0 Å². The van der Waals surface area contributed by atoms with Crippen LogP contribution in [0.25, 0.3) is 0 Å². The molecule has 0 fully saturated rings. The van der Waals surface area contributed by atoms with Crippen LogP contribution in [0.5, 0.6) is 0 Å². The van der Waals surface area contributed by atoms with E-state index in [9.17, 15) is 24.3 Å². The summed E-state index contributed by atoms with van der Waals surface area (Å²) in [6, 6.07) is 0. The lowest BCUT2D eigenvalue weighted by Crippen LogP contribution is -2.74. The van der Waals surface area contributed by atoms with Crippen LogP contribution in [0.2, 0.25) is 0 Å². The van der Waals surface area contributed by atoms with Crippen LogP contribution in [0, 0.1) is 0 Å². The predicted octanol–water partition coefficient (Wildman–Crippen LogP) is 0.486. The Kier molecular flexibility index (Phi) is 7.56. The summed E-state index contributed by atoms with van der Waals surface area (Å²) in [5.41, 5.74) is -0.118. The van der Waals surface area contributed by atoms with Gasteiger partial charge in [0.1, 0.15) is 5.84 Å². The summed E-state index contributed by atoms with van der Waals surface area (Å²) in [5.74, 6) is -5.44. The Morgan fingerprint density at radius 1 is 1.06 bits per heavy atom. The number of esters is 3. The first kappa shape index (κ1) is 24.8. The van der Waals surface area contributed by atoms with E-state index in [2.05, 4.69) is 20.6 Å². The van der Waals surface area contributed by atoms with Crippen molar-refractivity contribution in [1.82, 2.24) is 10.6 Å². The molecular weight excluding hydrogens is 426 g/mol. The Bertz CT molecular complexity index is 891. The van der Waals surface area contributed by atoms with Crippen molar-refractivity contribution in [3.05, 3.63) is 11.6 Å². The lowest BCUT2D eigenvalue weighted by molar-refractivity contribution is -0.945. The summed E-state index contributed by atoms with van der Waals surface area (Å²) < 4.78 is 15.2. The van der Waals surface area contributed by atoms with Gasteiger partial charge in [0.15, 0.2) is 0 Å². The number of nitrogens with one attached hydrogen (secondary N) is 2. The molecule has 1 atom stereocenters. The van der Waals surface area contributed by atoms with Gasteiger partial charge in [0.25, 0.3) is 5.88 Å². The third kappa shape index (κ3) is 4.88. The monoisotopic (exact) mass is 454 g/mol. The van der Waals surface area contributed by atoms with Crippen LogP contribution in [-0.4, -0.2) is 64.5 Å². The smallest absolute Gasteiger partial charge is 0.411 e. The summed E-state index contributed by atoms with van der Waals surface area (Å²) in [4.78, 5) is 56.1. The molecule has 0 bridgehead atoms. The molecule has 0 saturated heterocycles. The first-order valence-corrected chi connectivity index (χ1v) is 9.97. The summed E-state index contributed by atoms with van der Waals surface area (Å²) in [7, 11) is 0. The van der Waals surface area contributed by atoms with Crippen LogP contribution < -0.4 is 10.6 Å². The van der Waals surface area contributed by atoms with Crippen molar-refractivity contribution in [3.8, 4) is 0 Å². The number of carbonyl (C=O) groups is 4. The highest BCUT2D eigenvalue weighted by atomic mass is 16.6. The minimum atomic E-state index is -2.11. The SMILES string of the molecule is CCCCC1=NC2(OC(C)=O)C(=C(O)N=C(NC(C)=O)[N+]2(COC(C)=O)COC(C)=O)N1. The average molecular weight is 454 g/mol. The molecule has 2 rings (SSSR count). The minimum absolute atomic E-state index is 0.118. The fourth-order valence-corrected chi connectivity index (χ4v) is 3.25. The maximum Gasteiger partial charge on any atom is 0.411 e. The third-order valence-corrected chi connectivity index (χ3v) is 4.62. The summed E-state index contributed by atoms with van der Waals surface area (Å²) in [5, 5.41) is 16.0. The van der Waals surface area contributed by atoms with E-state index in [1.165, 1.54) is 6.92 Å². The van der Waals surface area contributed by atoms with Crippen molar-refractivity contribution in [1.29, 1.82) is 0 Å². The van der Waals surface area contributed by atoms with Gasteiger partial charge in [-0.1, -0.05) is 13.3 Å². The molecule has 176 valence electrons. The van der Waals surface area contributed by atoms with E-state index in [-0.39, 0.29) is 11.7 Å². The maximum absolute atomic E-state index is 12.2. The number of rotatable bonds is 8. The highest BCUT2D eigenvalue weighted by Gasteiger charge is 2.69. The quantitative estimate of drug-likeness (QED) is 0.269. The Labute approximate surface area is 184 Å². The Hall–Kier alpha value is -3.48. The normalized spacial score (nSPS) is 20.9. The second-order valence-electron chi connectivity index (χ2n) is 7.30. The number of hydrogen-bond donors (Lipinski definition) is 3. The van der Waals surface area contributed by atoms with Crippen molar-refractivity contribution in [2.45, 2.75) is 59.7 Å². The van der Waals surface area contributed by atoms with Gasteiger partial charge in [-0.05, 0) is 6.42 Å². The number of carbonyl (C=O) groups excluding carboxylic acids is 4. The Morgan fingerprint density at radius 3 is 2.12 bits per heavy atom. The number of amidine groups is 1. The second-order valence-corrected chi connectivity index (χ2v) is 7.30. The van der Waals surface area contributed by atoms with Crippen LogP contribution in [-0.2, 0) is 33.4 Å². The van der Waals surface area contributed by atoms with Gasteiger partial charge in [0.2, 0.25) is 25.1 Å². The first-order chi connectivity index (χ1) is 15.0. The van der Waals surface area contributed by atoms with E-state index in [0.717, 1.165) is 33.6 Å². The predicted molar refractivity (Wildman–Crippen MR) is 109 cm³/mol. The highest BCUT2D eigenvalue weighted by molar-refractivity contribution is 5.95. The molecule has 13 nitrogen and oxygen atoms in total. The van der Waals surface area contributed by atoms with Gasteiger partial charge >= 0.3 is 29.7 Å². The number of quaternary nitrogens is 1. The third-order valence-electron chi connectivity index (χ3n) is 4.62. The largest absolute Gasteiger partial charge is 0.492 e. The molecule has 0 aliphatic carbocycles. The summed E-state index contributed by atoms with van der Waals surface area (Å²) >= 11 is 0. The highest BCUT2D eigenvalue weighted by Crippen LogP contribution is 2.43. The van der Waals surface area contributed by atoms with Crippen LogP contribution in [0.1, 0.15) is 53.9 Å². The van der Waals surface area contributed by atoms with E-state index in [0.29, 0.717) is 12.3 Å². The number of unbranched alkanes of at least 4 members (excludes halogenated alkanes) is 1. The molecule has 0 aromatic rings. The zero-order valence-corrected chi connectivity index (χ0v) is 18.7. The fourth-order valence-electron chi connectivity index (χ4n) is 3.25. The van der Waals surface area contributed by atoms with E-state index < -0.39 is 53.5 Å². The van der Waals surface area contributed by atoms with E-state index >= 15 is 0 Å². The number of guanidine groups is 1. The topological polar surface area (TPSA) is 165 Å². The molecule has 2 heterocycles. The number of aliphatic hydroxyl groups excluding tert-OH is 1. The zero-order chi connectivity index (χ0) is 24.1. The Morgan fingerprint density at radius 2 is 1.66 bits per heavy atom. The van der Waals surface area contributed by atoms with Crippen LogP contribution >= 0.6 is 0 Å². The molecule has 0 aromatic carbocycles. The summed E-state index contributed by atoms with van der Waals surface area (Å²) in [6.45, 7) is 5.39. The molecule has 13 heteroatoms. The number of aliphatic hydroxyl groups is 1. The van der Waals surface area contributed by atoms with Crippen molar-refractivity contribution < 1.29 is 43.0 Å². The van der Waals surface area contributed by atoms with Gasteiger partial charge in [-0.2, -0.15) is 4.99 Å². The van der Waals surface area contributed by atoms with E-state index in [1.54, 1.807) is 0 Å². The number of nitrogens with zero attached hydrogens (tertiary/aromatic N) is 3. The molecule has 0 spiro atoms. The van der Waals surface area contributed by atoms with Gasteiger partial charge in [0.05, 0.1) is 0 Å². The maximum atomic E-state index is 12.2. The van der Waals surface area contributed by atoms with Gasteiger partial charge in [-0.25, -0.2) is 0 Å². The lowest BCUT2D eigenvalue weighted by Gasteiger charge is -2.45. The molecular formula is C19H28N5O8+. The molecule has 3 N–H and O–H groups in total. The van der Waals surface area contributed by atoms with Crippen LogP contribution in [0.3, 0.4) is 0 Å². The molecule has 0 aromatic heterocycles. The average Bonchev–Trinajstić information content (AvgIpc) is 3.04. The minimum Gasteiger partial charge on any atom is -0.492 e. The van der Waals surface area contributed by atoms with Crippen molar-refractivity contribution >= 4 is 35.6 Å². The molecule has 1 unspecified atom stereocenters. The van der Waals surface area contributed by atoms with Gasteiger partial charge in [0, 0.05) is 34.1 Å². The fraction of sp³-hybridized carbons (Fsp3) is 0.579. The van der Waals surface area contributed by atoms with Crippen molar-refractivity contribution in [3.63, 3.8) is 0 Å². The van der Waals surface area contributed by atoms with Crippen LogP contribution in [0.15, 0.2) is 21.6 Å². The number of hydrogen-bond acceptors (Lipinski definition) is 11. The summed E-state index contributed by atoms with van der Waals surface area (Å²) in [6.07, 6.45) is 2.00. The zero-order valence-electron chi connectivity index (χ0n) is 18.7. The molecule has 2 aliphatic rings. The number of amides is 1. The van der Waals surface area contributed by atoms with Crippen molar-refractivity contribution in [2.75, 3.05) is 13.5 Å². The molecule has 0 saturated carbocycles. The number of ether oxygens (including phenoxy) is 3. The Balaban J connectivity index is 2.81. The molecule has 32 heavy (non-hydrogen) atoms. The molecule has 0 radical (unpaired) electrons. The van der Waals surface area contributed by atoms with E-state index in [1.807, 2.05) is 6.92 Å². The van der Waals surface area contributed by atoms with Gasteiger partial charge in [-0.3, -0.25) is 24.5 Å². The molecule has 2 aliphatic heterocycles. The lowest BCUT2D eigenvalue weighted by atomic mass is 10.2. The van der Waals surface area contributed by atoms with Gasteiger partial charge in [-0.15, -0.1) is 9.48 Å². The van der Waals surface area contributed by atoms with Crippen molar-refractivity contribution in [2.24, 2.45) is 9.98 Å². The number of aliphatic imine (C=N–C) groups is 2. The first-order valence-electron chi connectivity index (χ1n) is 9.97. The van der Waals surface area contributed by atoms with Gasteiger partial charge < -0.3 is 24.6 Å². The number of fused-ring (bicyclic) bond motifs is 1. The second kappa shape index (κ2) is 9.77. The molecule has 1 amide bonds. The van der Waals surface area contributed by atoms with E-state index in [4.69, 9.17) is 14.2 Å².